The average Bonchev–Trinajstić information content (AvgIpc) is 2.37. The van der Waals surface area contributed by atoms with Crippen LogP contribution in [0.15, 0.2) is 18.2 Å². The van der Waals surface area contributed by atoms with Gasteiger partial charge >= 0.3 is 0 Å². The van der Waals surface area contributed by atoms with Crippen LogP contribution in [-0.2, 0) is 16.0 Å². The Morgan fingerprint density at radius 1 is 1.28 bits per heavy atom. The maximum atomic E-state index is 10.9. The first-order chi connectivity index (χ1) is 8.60. The quantitative estimate of drug-likeness (QED) is 0.695. The highest BCUT2D eigenvalue weighted by atomic mass is 16.5. The van der Waals surface area contributed by atoms with Crippen molar-refractivity contribution in [1.29, 1.82) is 0 Å². The summed E-state index contributed by atoms with van der Waals surface area (Å²) in [4.78, 5) is 21.8. The van der Waals surface area contributed by atoms with E-state index in [9.17, 15) is 9.59 Å². The summed E-state index contributed by atoms with van der Waals surface area (Å²) in [6.45, 7) is 3.75. The molecule has 0 saturated carbocycles. The fourth-order valence-electron chi connectivity index (χ4n) is 1.71. The summed E-state index contributed by atoms with van der Waals surface area (Å²) in [6, 6.07) is 5.26. The number of benzene rings is 1. The van der Waals surface area contributed by atoms with E-state index in [2.05, 4.69) is 0 Å². The van der Waals surface area contributed by atoms with Gasteiger partial charge in [0.25, 0.3) is 0 Å². The van der Waals surface area contributed by atoms with Gasteiger partial charge in [-0.15, -0.1) is 0 Å². The first-order valence-electron chi connectivity index (χ1n) is 5.83. The summed E-state index contributed by atoms with van der Waals surface area (Å²) in [5, 5.41) is 0. The lowest BCUT2D eigenvalue weighted by Crippen LogP contribution is -2.21. The molecule has 1 aromatic rings. The molecule has 98 valence electrons. The minimum absolute atomic E-state index is 0.0102. The van der Waals surface area contributed by atoms with Crippen LogP contribution in [0, 0.1) is 0 Å². The molecular formula is C14H18O4. The molecule has 0 saturated heterocycles. The van der Waals surface area contributed by atoms with Crippen LogP contribution in [0.4, 0.5) is 0 Å². The van der Waals surface area contributed by atoms with E-state index < -0.39 is 6.10 Å². The van der Waals surface area contributed by atoms with Crippen LogP contribution < -0.4 is 4.74 Å². The van der Waals surface area contributed by atoms with Gasteiger partial charge < -0.3 is 14.3 Å². The zero-order chi connectivity index (χ0) is 13.5. The van der Waals surface area contributed by atoms with Gasteiger partial charge in [-0.2, -0.15) is 0 Å². The lowest BCUT2D eigenvalue weighted by atomic mass is 10.0. The number of hydrogen-bond acceptors (Lipinski definition) is 4. The maximum absolute atomic E-state index is 10.9. The highest BCUT2D eigenvalue weighted by Gasteiger charge is 2.12. The van der Waals surface area contributed by atoms with E-state index in [1.54, 1.807) is 12.1 Å². The molecule has 1 aromatic carbocycles. The smallest absolute Gasteiger partial charge is 0.153 e. The zero-order valence-electron chi connectivity index (χ0n) is 10.9. The van der Waals surface area contributed by atoms with Crippen LogP contribution in [0.2, 0.25) is 0 Å². The van der Waals surface area contributed by atoms with Crippen LogP contribution in [0.1, 0.15) is 29.8 Å². The Hall–Kier alpha value is -1.68. The van der Waals surface area contributed by atoms with Crippen molar-refractivity contribution in [2.45, 2.75) is 32.5 Å². The minimum atomic E-state index is -0.488. The van der Waals surface area contributed by atoms with Gasteiger partial charge in [-0.05, 0) is 31.5 Å². The number of carbonyl (C=O) groups excluding carboxylic acids is 2. The second kappa shape index (κ2) is 6.91. The lowest BCUT2D eigenvalue weighted by Gasteiger charge is -2.15. The number of aldehydes is 2. The van der Waals surface area contributed by atoms with Crippen molar-refractivity contribution in [2.75, 3.05) is 7.11 Å². The summed E-state index contributed by atoms with van der Waals surface area (Å²) in [6.07, 6.45) is 1.47. The second-order valence-electron chi connectivity index (χ2n) is 4.26. The van der Waals surface area contributed by atoms with Gasteiger partial charge in [-0.3, -0.25) is 4.79 Å². The van der Waals surface area contributed by atoms with Gasteiger partial charge in [0.15, 0.2) is 6.29 Å². The highest BCUT2D eigenvalue weighted by molar-refractivity contribution is 5.79. The molecule has 1 unspecified atom stereocenters. The molecule has 0 aliphatic carbocycles. The standard InChI is InChI=1S/C14H18O4/c1-10(2)18-13(9-16)7-11-4-5-14(17-3)12(6-11)8-15/h4-6,8-10,13H,7H2,1-3H3. The van der Waals surface area contributed by atoms with E-state index in [0.29, 0.717) is 17.7 Å². The SMILES string of the molecule is COc1ccc(CC(C=O)OC(C)C)cc1C=O. The Labute approximate surface area is 107 Å². The summed E-state index contributed by atoms with van der Waals surface area (Å²) in [5.74, 6) is 0.529. The Kier molecular flexibility index (Phi) is 5.52. The maximum Gasteiger partial charge on any atom is 0.153 e. The number of rotatable bonds is 7. The van der Waals surface area contributed by atoms with Gasteiger partial charge in [0.1, 0.15) is 18.1 Å². The molecule has 0 aromatic heterocycles. The Bertz CT molecular complexity index is 412. The third-order valence-electron chi connectivity index (χ3n) is 2.46. The summed E-state index contributed by atoms with van der Waals surface area (Å²) < 4.78 is 10.5. The number of carbonyl (C=O) groups is 2. The minimum Gasteiger partial charge on any atom is -0.496 e. The molecule has 0 radical (unpaired) electrons. The Balaban J connectivity index is 2.83. The molecule has 0 N–H and O–H groups in total. The van der Waals surface area contributed by atoms with Crippen LogP contribution in [0.3, 0.4) is 0 Å². The molecule has 4 nitrogen and oxygen atoms in total. The predicted molar refractivity (Wildman–Crippen MR) is 68.2 cm³/mol. The first-order valence-corrected chi connectivity index (χ1v) is 5.83. The second-order valence-corrected chi connectivity index (χ2v) is 4.26. The normalized spacial score (nSPS) is 12.2. The molecule has 1 atom stereocenters. The summed E-state index contributed by atoms with van der Waals surface area (Å²) in [7, 11) is 1.51. The predicted octanol–water partition coefficient (Wildman–Crippen LogP) is 2.04. The van der Waals surface area contributed by atoms with Crippen LogP contribution in [0.5, 0.6) is 5.75 Å². The van der Waals surface area contributed by atoms with Crippen molar-refractivity contribution in [3.8, 4) is 5.75 Å². The zero-order valence-corrected chi connectivity index (χ0v) is 10.9. The number of ether oxygens (including phenoxy) is 2. The molecule has 0 aliphatic heterocycles. The molecule has 0 aliphatic rings. The van der Waals surface area contributed by atoms with Gasteiger partial charge in [-0.1, -0.05) is 6.07 Å². The first kappa shape index (κ1) is 14.4. The van der Waals surface area contributed by atoms with E-state index in [1.165, 1.54) is 7.11 Å². The summed E-state index contributed by atoms with van der Waals surface area (Å²) >= 11 is 0. The van der Waals surface area contributed by atoms with E-state index in [0.717, 1.165) is 18.1 Å². The number of methoxy groups -OCH3 is 1. The molecule has 4 heteroatoms. The van der Waals surface area contributed by atoms with E-state index in [4.69, 9.17) is 9.47 Å². The molecule has 0 bridgehead atoms. The third kappa shape index (κ3) is 3.96. The third-order valence-corrected chi connectivity index (χ3v) is 2.46. The van der Waals surface area contributed by atoms with E-state index in [-0.39, 0.29) is 6.10 Å². The average molecular weight is 250 g/mol. The van der Waals surface area contributed by atoms with Crippen LogP contribution in [-0.4, -0.2) is 31.9 Å². The van der Waals surface area contributed by atoms with Gasteiger partial charge in [0.2, 0.25) is 0 Å². The molecular weight excluding hydrogens is 232 g/mol. The Morgan fingerprint density at radius 2 is 2.00 bits per heavy atom. The van der Waals surface area contributed by atoms with Crippen molar-refractivity contribution in [1.82, 2.24) is 0 Å². The molecule has 0 fully saturated rings. The highest BCUT2D eigenvalue weighted by Crippen LogP contribution is 2.19. The van der Waals surface area contributed by atoms with Crippen molar-refractivity contribution in [2.24, 2.45) is 0 Å². The van der Waals surface area contributed by atoms with Gasteiger partial charge in [-0.25, -0.2) is 0 Å². The lowest BCUT2D eigenvalue weighted by molar-refractivity contribution is -0.120. The van der Waals surface area contributed by atoms with Gasteiger partial charge in [0.05, 0.1) is 18.8 Å². The number of hydrogen-bond donors (Lipinski definition) is 0. The fourth-order valence-corrected chi connectivity index (χ4v) is 1.71. The topological polar surface area (TPSA) is 52.6 Å². The van der Waals surface area contributed by atoms with Gasteiger partial charge in [0, 0.05) is 6.42 Å². The largest absolute Gasteiger partial charge is 0.496 e. The van der Waals surface area contributed by atoms with Crippen molar-refractivity contribution < 1.29 is 19.1 Å². The van der Waals surface area contributed by atoms with E-state index >= 15 is 0 Å². The Morgan fingerprint density at radius 3 is 2.50 bits per heavy atom. The molecule has 0 amide bonds. The van der Waals surface area contributed by atoms with Crippen molar-refractivity contribution in [3.63, 3.8) is 0 Å². The molecule has 1 rings (SSSR count). The van der Waals surface area contributed by atoms with E-state index in [1.807, 2.05) is 19.9 Å². The molecule has 0 spiro atoms. The van der Waals surface area contributed by atoms with Crippen LogP contribution >= 0.6 is 0 Å². The molecule has 18 heavy (non-hydrogen) atoms. The van der Waals surface area contributed by atoms with Crippen molar-refractivity contribution >= 4 is 12.6 Å². The summed E-state index contributed by atoms with van der Waals surface area (Å²) in [5.41, 5.74) is 1.35. The fraction of sp³-hybridized carbons (Fsp3) is 0.429. The monoisotopic (exact) mass is 250 g/mol. The van der Waals surface area contributed by atoms with Crippen molar-refractivity contribution in [3.05, 3.63) is 29.3 Å². The molecule has 0 heterocycles. The van der Waals surface area contributed by atoms with Crippen LogP contribution in [0.25, 0.3) is 0 Å².